The lowest BCUT2D eigenvalue weighted by Gasteiger charge is -2.32. The van der Waals surface area contributed by atoms with E-state index in [1.54, 1.807) is 0 Å². The summed E-state index contributed by atoms with van der Waals surface area (Å²) in [5.41, 5.74) is 0.644. The second-order valence-corrected chi connectivity index (χ2v) is 5.66. The highest BCUT2D eigenvalue weighted by Gasteiger charge is 2.34. The lowest BCUT2D eigenvalue weighted by atomic mass is 9.82. The van der Waals surface area contributed by atoms with E-state index in [9.17, 15) is 0 Å². The van der Waals surface area contributed by atoms with Gasteiger partial charge in [0.25, 0.3) is 0 Å². The molecular formula is C12H25NO. The van der Waals surface area contributed by atoms with Crippen molar-refractivity contribution >= 4 is 0 Å². The maximum Gasteiger partial charge on any atom is 0.0535 e. The molecule has 2 nitrogen and oxygen atoms in total. The zero-order valence-corrected chi connectivity index (χ0v) is 10.2. The van der Waals surface area contributed by atoms with Crippen molar-refractivity contribution < 1.29 is 4.74 Å². The fourth-order valence-corrected chi connectivity index (χ4v) is 2.06. The Morgan fingerprint density at radius 1 is 1.36 bits per heavy atom. The Balaban J connectivity index is 2.43. The summed E-state index contributed by atoms with van der Waals surface area (Å²) >= 11 is 0. The molecule has 0 aromatic heterocycles. The molecule has 0 aromatic rings. The molecule has 0 saturated carbocycles. The number of hydrogen-bond donors (Lipinski definition) is 1. The van der Waals surface area contributed by atoms with Gasteiger partial charge in [0, 0.05) is 24.1 Å². The Bertz CT molecular complexity index is 166. The van der Waals surface area contributed by atoms with E-state index in [0.717, 1.165) is 19.8 Å². The third-order valence-electron chi connectivity index (χ3n) is 2.96. The molecular weight excluding hydrogens is 174 g/mol. The maximum atomic E-state index is 5.54. The van der Waals surface area contributed by atoms with Gasteiger partial charge in [-0.1, -0.05) is 13.3 Å². The Morgan fingerprint density at radius 3 is 2.50 bits per heavy atom. The molecule has 1 N–H and O–H groups in total. The molecule has 0 bridgehead atoms. The largest absolute Gasteiger partial charge is 0.381 e. The van der Waals surface area contributed by atoms with Gasteiger partial charge < -0.3 is 10.1 Å². The van der Waals surface area contributed by atoms with Gasteiger partial charge in [-0.15, -0.1) is 0 Å². The van der Waals surface area contributed by atoms with Crippen molar-refractivity contribution in [3.63, 3.8) is 0 Å². The molecule has 1 unspecified atom stereocenters. The molecule has 1 atom stereocenters. The first-order chi connectivity index (χ1) is 6.47. The summed E-state index contributed by atoms with van der Waals surface area (Å²) in [7, 11) is 0. The highest BCUT2D eigenvalue weighted by atomic mass is 16.5. The minimum atomic E-state index is 0.226. The molecule has 84 valence electrons. The van der Waals surface area contributed by atoms with E-state index in [0.29, 0.717) is 5.41 Å². The van der Waals surface area contributed by atoms with Gasteiger partial charge in [0.1, 0.15) is 0 Å². The molecule has 0 amide bonds. The monoisotopic (exact) mass is 199 g/mol. The quantitative estimate of drug-likeness (QED) is 0.751. The molecule has 1 heterocycles. The summed E-state index contributed by atoms with van der Waals surface area (Å²) in [5.74, 6) is 0. The van der Waals surface area contributed by atoms with Crippen LogP contribution in [0.4, 0.5) is 0 Å². The Hall–Kier alpha value is -0.0800. The van der Waals surface area contributed by atoms with Crippen LogP contribution in [0.15, 0.2) is 0 Å². The zero-order valence-electron chi connectivity index (χ0n) is 10.2. The van der Waals surface area contributed by atoms with Crippen molar-refractivity contribution in [2.45, 2.75) is 52.5 Å². The average Bonchev–Trinajstić information content (AvgIpc) is 2.50. The van der Waals surface area contributed by atoms with Gasteiger partial charge in [-0.3, -0.25) is 0 Å². The molecule has 0 aromatic carbocycles. The van der Waals surface area contributed by atoms with Crippen LogP contribution < -0.4 is 5.32 Å². The van der Waals surface area contributed by atoms with E-state index in [1.165, 1.54) is 19.3 Å². The van der Waals surface area contributed by atoms with E-state index < -0.39 is 0 Å². The van der Waals surface area contributed by atoms with Gasteiger partial charge in [0.2, 0.25) is 0 Å². The predicted molar refractivity (Wildman–Crippen MR) is 60.5 cm³/mol. The minimum Gasteiger partial charge on any atom is -0.381 e. The Kier molecular flexibility index (Phi) is 3.96. The van der Waals surface area contributed by atoms with Crippen LogP contribution in [-0.4, -0.2) is 25.3 Å². The van der Waals surface area contributed by atoms with Gasteiger partial charge in [-0.2, -0.15) is 0 Å². The molecule has 1 aliphatic rings. The fourth-order valence-electron chi connectivity index (χ4n) is 2.06. The normalized spacial score (nSPS) is 28.3. The minimum absolute atomic E-state index is 0.226. The summed E-state index contributed by atoms with van der Waals surface area (Å²) < 4.78 is 5.54. The summed E-state index contributed by atoms with van der Waals surface area (Å²) in [6.07, 6.45) is 3.77. The predicted octanol–water partition coefficient (Wildman–Crippen LogP) is 2.58. The highest BCUT2D eigenvalue weighted by molar-refractivity contribution is 4.87. The highest BCUT2D eigenvalue weighted by Crippen LogP contribution is 2.33. The topological polar surface area (TPSA) is 21.3 Å². The molecule has 1 aliphatic heterocycles. The fraction of sp³-hybridized carbons (Fsp3) is 1.00. The third-order valence-corrected chi connectivity index (χ3v) is 2.96. The molecule has 2 heteroatoms. The molecule has 1 rings (SSSR count). The molecule has 0 spiro atoms. The van der Waals surface area contributed by atoms with E-state index in [4.69, 9.17) is 4.74 Å². The smallest absolute Gasteiger partial charge is 0.0535 e. The van der Waals surface area contributed by atoms with Crippen LogP contribution in [0, 0.1) is 5.41 Å². The molecule has 14 heavy (non-hydrogen) atoms. The van der Waals surface area contributed by atoms with E-state index >= 15 is 0 Å². The van der Waals surface area contributed by atoms with Gasteiger partial charge >= 0.3 is 0 Å². The first-order valence-electron chi connectivity index (χ1n) is 5.80. The molecule has 1 fully saturated rings. The lowest BCUT2D eigenvalue weighted by molar-refractivity contribution is 0.137. The van der Waals surface area contributed by atoms with Crippen LogP contribution in [0.2, 0.25) is 0 Å². The zero-order chi connectivity index (χ0) is 10.7. The van der Waals surface area contributed by atoms with Crippen LogP contribution in [0.1, 0.15) is 47.0 Å². The summed E-state index contributed by atoms with van der Waals surface area (Å²) in [6, 6.07) is 0. The lowest BCUT2D eigenvalue weighted by Crippen LogP contribution is -2.44. The SMILES string of the molecule is CCCC1(CNC(C)(C)C)CCOC1. The van der Waals surface area contributed by atoms with Gasteiger partial charge in [-0.25, -0.2) is 0 Å². The van der Waals surface area contributed by atoms with Crippen LogP contribution in [0.25, 0.3) is 0 Å². The van der Waals surface area contributed by atoms with Crippen LogP contribution in [0.3, 0.4) is 0 Å². The van der Waals surface area contributed by atoms with Crippen LogP contribution in [0.5, 0.6) is 0 Å². The summed E-state index contributed by atoms with van der Waals surface area (Å²) in [6.45, 7) is 11.9. The number of ether oxygens (including phenoxy) is 1. The summed E-state index contributed by atoms with van der Waals surface area (Å²) in [5, 5.41) is 3.61. The van der Waals surface area contributed by atoms with Gasteiger partial charge in [0.05, 0.1) is 6.61 Å². The number of hydrogen-bond acceptors (Lipinski definition) is 2. The standard InChI is InChI=1S/C12H25NO/c1-5-6-12(7-8-14-10-12)9-13-11(2,3)4/h13H,5-10H2,1-4H3. The Morgan fingerprint density at radius 2 is 2.07 bits per heavy atom. The molecule has 0 radical (unpaired) electrons. The van der Waals surface area contributed by atoms with Gasteiger partial charge in [0.15, 0.2) is 0 Å². The third kappa shape index (κ3) is 3.58. The summed E-state index contributed by atoms with van der Waals surface area (Å²) in [4.78, 5) is 0. The van der Waals surface area contributed by atoms with Crippen molar-refractivity contribution in [1.82, 2.24) is 5.32 Å². The van der Waals surface area contributed by atoms with Crippen molar-refractivity contribution in [2.75, 3.05) is 19.8 Å². The van der Waals surface area contributed by atoms with Crippen LogP contribution in [-0.2, 0) is 4.74 Å². The van der Waals surface area contributed by atoms with Crippen LogP contribution >= 0.6 is 0 Å². The van der Waals surface area contributed by atoms with Crippen molar-refractivity contribution in [1.29, 1.82) is 0 Å². The second kappa shape index (κ2) is 4.63. The second-order valence-electron chi connectivity index (χ2n) is 5.66. The maximum absolute atomic E-state index is 5.54. The first-order valence-corrected chi connectivity index (χ1v) is 5.80. The van der Waals surface area contributed by atoms with Crippen molar-refractivity contribution in [3.8, 4) is 0 Å². The van der Waals surface area contributed by atoms with E-state index in [1.807, 2.05) is 0 Å². The van der Waals surface area contributed by atoms with E-state index in [2.05, 4.69) is 33.0 Å². The van der Waals surface area contributed by atoms with Crippen molar-refractivity contribution in [3.05, 3.63) is 0 Å². The molecule has 0 aliphatic carbocycles. The van der Waals surface area contributed by atoms with Crippen molar-refractivity contribution in [2.24, 2.45) is 5.41 Å². The number of nitrogens with one attached hydrogen (secondary N) is 1. The van der Waals surface area contributed by atoms with E-state index in [-0.39, 0.29) is 5.54 Å². The number of rotatable bonds is 4. The Labute approximate surface area is 88.4 Å². The van der Waals surface area contributed by atoms with Gasteiger partial charge in [-0.05, 0) is 33.6 Å². The molecule has 1 saturated heterocycles. The average molecular weight is 199 g/mol. The first kappa shape index (κ1) is 12.0.